The van der Waals surface area contributed by atoms with Gasteiger partial charge < -0.3 is 14.9 Å². The predicted molar refractivity (Wildman–Crippen MR) is 130 cm³/mol. The first-order chi connectivity index (χ1) is 15.5. The van der Waals surface area contributed by atoms with E-state index in [9.17, 15) is 14.7 Å². The van der Waals surface area contributed by atoms with E-state index < -0.39 is 17.7 Å². The Morgan fingerprint density at radius 2 is 1.78 bits per heavy atom. The van der Waals surface area contributed by atoms with Crippen LogP contribution in [-0.4, -0.2) is 52.8 Å². The Kier molecular flexibility index (Phi) is 6.44. The van der Waals surface area contributed by atoms with Crippen LogP contribution < -0.4 is 0 Å². The van der Waals surface area contributed by atoms with E-state index in [0.717, 1.165) is 34.3 Å². The zero-order valence-corrected chi connectivity index (χ0v) is 19.5. The number of aryl methyl sites for hydroxylation is 1. The minimum atomic E-state index is -0.618. The van der Waals surface area contributed by atoms with Gasteiger partial charge in [-0.2, -0.15) is 0 Å². The molecular formula is C26H28N2O3S. The van der Waals surface area contributed by atoms with Crippen LogP contribution in [0.2, 0.25) is 0 Å². The molecule has 0 radical (unpaired) electrons. The van der Waals surface area contributed by atoms with Gasteiger partial charge in [-0.1, -0.05) is 50.2 Å². The average Bonchev–Trinajstić information content (AvgIpc) is 3.34. The molecule has 6 heteroatoms. The molecule has 0 aliphatic carbocycles. The van der Waals surface area contributed by atoms with Crippen molar-refractivity contribution in [3.8, 4) is 0 Å². The molecule has 2 aromatic carbocycles. The summed E-state index contributed by atoms with van der Waals surface area (Å²) in [5.41, 5.74) is 1.74. The smallest absolute Gasteiger partial charge is 0.295 e. The molecule has 1 unspecified atom stereocenters. The lowest BCUT2D eigenvalue weighted by Crippen LogP contribution is -2.37. The highest BCUT2D eigenvalue weighted by atomic mass is 32.1. The number of rotatable bonds is 7. The van der Waals surface area contributed by atoms with Gasteiger partial charge in [0.1, 0.15) is 5.76 Å². The van der Waals surface area contributed by atoms with Crippen LogP contribution in [0.3, 0.4) is 0 Å². The van der Waals surface area contributed by atoms with Crippen molar-refractivity contribution >= 4 is 39.6 Å². The number of aliphatic hydroxyl groups excluding tert-OH is 1. The van der Waals surface area contributed by atoms with Crippen LogP contribution in [0.1, 0.15) is 35.9 Å². The fraction of sp³-hybridized carbons (Fsp3) is 0.308. The number of likely N-dealkylation sites (tertiary alicyclic amines) is 1. The maximum Gasteiger partial charge on any atom is 0.295 e. The number of hydrogen-bond donors (Lipinski definition) is 1. The molecular weight excluding hydrogens is 420 g/mol. The lowest BCUT2D eigenvalue weighted by Gasteiger charge is -2.27. The Hall–Kier alpha value is -2.96. The van der Waals surface area contributed by atoms with Crippen LogP contribution in [-0.2, 0) is 9.59 Å². The molecule has 1 aromatic heterocycles. The highest BCUT2D eigenvalue weighted by Crippen LogP contribution is 2.42. The predicted octanol–water partition coefficient (Wildman–Crippen LogP) is 4.97. The zero-order chi connectivity index (χ0) is 22.8. The maximum absolute atomic E-state index is 13.2. The van der Waals surface area contributed by atoms with Crippen molar-refractivity contribution in [3.05, 3.63) is 75.5 Å². The summed E-state index contributed by atoms with van der Waals surface area (Å²) in [4.78, 5) is 31.0. The van der Waals surface area contributed by atoms with Crippen LogP contribution in [0.5, 0.6) is 0 Å². The fourth-order valence-corrected chi connectivity index (χ4v) is 5.38. The van der Waals surface area contributed by atoms with Crippen LogP contribution in [0.25, 0.3) is 16.5 Å². The Morgan fingerprint density at radius 1 is 1.06 bits per heavy atom. The quantitative estimate of drug-likeness (QED) is 0.315. The number of ketones is 1. The van der Waals surface area contributed by atoms with Crippen LogP contribution in [0, 0.1) is 6.92 Å². The molecule has 5 nitrogen and oxygen atoms in total. The summed E-state index contributed by atoms with van der Waals surface area (Å²) in [6.45, 7) is 9.00. The number of thiophene rings is 1. The summed E-state index contributed by atoms with van der Waals surface area (Å²) in [6.07, 6.45) is 0. The summed E-state index contributed by atoms with van der Waals surface area (Å²) < 4.78 is 0. The molecule has 0 spiro atoms. The van der Waals surface area contributed by atoms with E-state index in [1.54, 1.807) is 11.0 Å². The first kappa shape index (κ1) is 22.2. The lowest BCUT2D eigenvalue weighted by molar-refractivity contribution is -0.140. The van der Waals surface area contributed by atoms with Gasteiger partial charge in [0.2, 0.25) is 0 Å². The van der Waals surface area contributed by atoms with Crippen molar-refractivity contribution in [1.82, 2.24) is 9.80 Å². The number of Topliss-reactive ketones (excluding diaryl/α,β-unsaturated/α-hetero) is 1. The van der Waals surface area contributed by atoms with E-state index in [2.05, 4.69) is 18.7 Å². The molecule has 1 aliphatic rings. The number of aliphatic hydroxyl groups is 1. The Labute approximate surface area is 192 Å². The molecule has 1 fully saturated rings. The standard InChI is InChI=1S/C26H28N2O3S/c1-4-27(5-2)13-14-28-22(25-17(3)12-15-32-25)21(24(30)26(28)31)23(29)20-11-10-18-8-6-7-9-19(18)16-20/h6-12,15-16,22,29H,4-5,13-14H2,1-3H3/b23-21-. The molecule has 32 heavy (non-hydrogen) atoms. The minimum Gasteiger partial charge on any atom is -0.507 e. The normalized spacial score (nSPS) is 18.2. The van der Waals surface area contributed by atoms with Crippen molar-refractivity contribution < 1.29 is 14.7 Å². The molecule has 4 rings (SSSR count). The van der Waals surface area contributed by atoms with E-state index in [1.165, 1.54) is 11.3 Å². The summed E-state index contributed by atoms with van der Waals surface area (Å²) in [5, 5.41) is 15.3. The van der Waals surface area contributed by atoms with Crippen LogP contribution >= 0.6 is 11.3 Å². The van der Waals surface area contributed by atoms with Gasteiger partial charge in [-0.15, -0.1) is 11.3 Å². The number of likely N-dealkylation sites (N-methyl/N-ethyl adjacent to an activating group) is 1. The van der Waals surface area contributed by atoms with Crippen molar-refractivity contribution in [2.75, 3.05) is 26.2 Å². The third-order valence-electron chi connectivity index (χ3n) is 6.26. The van der Waals surface area contributed by atoms with Crippen LogP contribution in [0.15, 0.2) is 59.5 Å². The average molecular weight is 449 g/mol. The Balaban J connectivity index is 1.81. The molecule has 1 atom stereocenters. The fourth-order valence-electron chi connectivity index (χ4n) is 4.33. The number of amides is 1. The second kappa shape index (κ2) is 9.27. The van der Waals surface area contributed by atoms with Gasteiger partial charge in [0.25, 0.3) is 11.7 Å². The molecule has 0 saturated carbocycles. The molecule has 3 aromatic rings. The van der Waals surface area contributed by atoms with Crippen molar-refractivity contribution in [2.24, 2.45) is 0 Å². The summed E-state index contributed by atoms with van der Waals surface area (Å²) in [7, 11) is 0. The second-order valence-corrected chi connectivity index (χ2v) is 9.00. The highest BCUT2D eigenvalue weighted by molar-refractivity contribution is 7.10. The molecule has 1 aliphatic heterocycles. The van der Waals surface area contributed by atoms with Crippen molar-refractivity contribution in [2.45, 2.75) is 26.8 Å². The number of carbonyl (C=O) groups is 2. The molecule has 1 N–H and O–H groups in total. The van der Waals surface area contributed by atoms with Gasteiger partial charge in [0.15, 0.2) is 0 Å². The minimum absolute atomic E-state index is 0.114. The highest BCUT2D eigenvalue weighted by Gasteiger charge is 2.46. The first-order valence-electron chi connectivity index (χ1n) is 11.0. The zero-order valence-electron chi connectivity index (χ0n) is 18.7. The number of hydrogen-bond acceptors (Lipinski definition) is 5. The topological polar surface area (TPSA) is 60.9 Å². The number of carbonyl (C=O) groups excluding carboxylic acids is 2. The van der Waals surface area contributed by atoms with E-state index in [-0.39, 0.29) is 11.3 Å². The number of fused-ring (bicyclic) bond motifs is 1. The van der Waals surface area contributed by atoms with E-state index in [1.807, 2.05) is 54.8 Å². The van der Waals surface area contributed by atoms with Crippen molar-refractivity contribution in [1.29, 1.82) is 0 Å². The van der Waals surface area contributed by atoms with E-state index >= 15 is 0 Å². The number of benzene rings is 2. The van der Waals surface area contributed by atoms with Gasteiger partial charge in [-0.25, -0.2) is 0 Å². The molecule has 1 amide bonds. The summed E-state index contributed by atoms with van der Waals surface area (Å²) in [6, 6.07) is 14.9. The Morgan fingerprint density at radius 3 is 2.44 bits per heavy atom. The van der Waals surface area contributed by atoms with E-state index in [4.69, 9.17) is 0 Å². The SMILES string of the molecule is CCN(CC)CCN1C(=O)C(=O)/C(=C(\O)c2ccc3ccccc3c2)C1c1sccc1C. The maximum atomic E-state index is 13.2. The third kappa shape index (κ3) is 3.96. The molecule has 1 saturated heterocycles. The molecule has 166 valence electrons. The van der Waals surface area contributed by atoms with Gasteiger partial charge in [0, 0.05) is 23.5 Å². The van der Waals surface area contributed by atoms with Gasteiger partial charge in [-0.3, -0.25) is 9.59 Å². The largest absolute Gasteiger partial charge is 0.507 e. The van der Waals surface area contributed by atoms with Crippen LogP contribution in [0.4, 0.5) is 0 Å². The van der Waals surface area contributed by atoms with Gasteiger partial charge >= 0.3 is 0 Å². The molecule has 0 bridgehead atoms. The Bertz CT molecular complexity index is 1190. The summed E-state index contributed by atoms with van der Waals surface area (Å²) in [5.74, 6) is -1.28. The second-order valence-electron chi connectivity index (χ2n) is 8.05. The van der Waals surface area contributed by atoms with E-state index in [0.29, 0.717) is 18.7 Å². The monoisotopic (exact) mass is 448 g/mol. The lowest BCUT2D eigenvalue weighted by atomic mass is 9.97. The summed E-state index contributed by atoms with van der Waals surface area (Å²) >= 11 is 1.51. The first-order valence-corrected chi connectivity index (χ1v) is 11.9. The molecule has 2 heterocycles. The van der Waals surface area contributed by atoms with Gasteiger partial charge in [-0.05, 0) is 53.9 Å². The van der Waals surface area contributed by atoms with Crippen molar-refractivity contribution in [3.63, 3.8) is 0 Å². The number of nitrogens with zero attached hydrogens (tertiary/aromatic N) is 2. The van der Waals surface area contributed by atoms with Gasteiger partial charge in [0.05, 0.1) is 11.6 Å². The third-order valence-corrected chi connectivity index (χ3v) is 7.34.